The molecule has 0 atom stereocenters. The van der Waals surface area contributed by atoms with Crippen molar-refractivity contribution in [1.82, 2.24) is 5.32 Å². The highest BCUT2D eigenvalue weighted by atomic mass is 35.5. The van der Waals surface area contributed by atoms with Crippen molar-refractivity contribution in [2.24, 2.45) is 4.99 Å². The summed E-state index contributed by atoms with van der Waals surface area (Å²) in [6, 6.07) is 18.3. The molecule has 3 N–H and O–H groups in total. The van der Waals surface area contributed by atoms with Crippen LogP contribution in [0.1, 0.15) is 105 Å². The third-order valence-electron chi connectivity index (χ3n) is 9.44. The predicted octanol–water partition coefficient (Wildman–Crippen LogP) is 8.85. The van der Waals surface area contributed by atoms with Crippen molar-refractivity contribution >= 4 is 52.0 Å². The van der Waals surface area contributed by atoms with Crippen LogP contribution in [-0.4, -0.2) is 60.6 Å². The zero-order chi connectivity index (χ0) is 38.0. The molecule has 0 aliphatic heterocycles. The second-order valence-electron chi connectivity index (χ2n) is 13.4. The zero-order valence-electron chi connectivity index (χ0n) is 31.5. The fourth-order valence-electron chi connectivity index (χ4n) is 6.42. The molecule has 0 heterocycles. The summed E-state index contributed by atoms with van der Waals surface area (Å²) in [6.07, 6.45) is 14.0. The van der Waals surface area contributed by atoms with Gasteiger partial charge >= 0.3 is 0 Å². The van der Waals surface area contributed by atoms with Crippen LogP contribution in [0.4, 0.5) is 17.1 Å². The third-order valence-corrected chi connectivity index (χ3v) is 9.68. The Labute approximate surface area is 319 Å². The number of hydrogen-bond acceptors (Lipinski definition) is 7. The van der Waals surface area contributed by atoms with Gasteiger partial charge < -0.3 is 25.4 Å². The van der Waals surface area contributed by atoms with E-state index in [1.165, 1.54) is 51.4 Å². The highest BCUT2D eigenvalue weighted by molar-refractivity contribution is 6.35. The standard InChI is InChI=1S/C43H55ClN4O5/c1-4-6-7-8-9-10-11-12-13-16-25-53-34-20-21-35-36(27-34)40(46-38-22-19-33(26-31(38)3)48(5-2)23-24-49)28-37(42(35)51)43(52)45-30-32-17-14-15-18-39(32)47-41(50)29-44/h14-15,17-22,26-28,49H,4-13,16,23-25,29-30H2,1-3H3,(H,45,52)(H,47,50). The van der Waals surface area contributed by atoms with E-state index in [9.17, 15) is 19.5 Å². The number of para-hydroxylation sites is 1. The van der Waals surface area contributed by atoms with Crippen LogP contribution in [0.15, 0.2) is 77.3 Å². The van der Waals surface area contributed by atoms with E-state index in [4.69, 9.17) is 21.3 Å². The minimum Gasteiger partial charge on any atom is -0.494 e. The van der Waals surface area contributed by atoms with E-state index in [2.05, 4.69) is 22.5 Å². The fourth-order valence-corrected chi connectivity index (χ4v) is 6.49. The summed E-state index contributed by atoms with van der Waals surface area (Å²) in [5.74, 6) is -0.873. The van der Waals surface area contributed by atoms with Crippen LogP contribution >= 0.6 is 11.6 Å². The minimum atomic E-state index is -0.553. The average Bonchev–Trinajstić information content (AvgIpc) is 3.17. The van der Waals surface area contributed by atoms with Gasteiger partial charge in [-0.3, -0.25) is 14.4 Å². The van der Waals surface area contributed by atoms with E-state index in [0.29, 0.717) is 52.7 Å². The summed E-state index contributed by atoms with van der Waals surface area (Å²) in [5.41, 5.74) is 5.18. The second-order valence-corrected chi connectivity index (χ2v) is 13.7. The number of rotatable bonds is 22. The van der Waals surface area contributed by atoms with Crippen molar-refractivity contribution in [2.75, 3.05) is 42.4 Å². The second kappa shape index (κ2) is 21.9. The number of carbonyl (C=O) groups is 3. The molecular weight excluding hydrogens is 688 g/mol. The van der Waals surface area contributed by atoms with Crippen LogP contribution in [0.5, 0.6) is 5.75 Å². The van der Waals surface area contributed by atoms with Gasteiger partial charge in [0.25, 0.3) is 5.91 Å². The normalized spacial score (nSPS) is 13.0. The number of hydrogen-bond donors (Lipinski definition) is 3. The average molecular weight is 743 g/mol. The summed E-state index contributed by atoms with van der Waals surface area (Å²) < 4.78 is 6.16. The molecule has 3 aromatic rings. The Balaban J connectivity index is 1.54. The molecule has 4 rings (SSSR count). The maximum Gasteiger partial charge on any atom is 0.255 e. The highest BCUT2D eigenvalue weighted by Crippen LogP contribution is 2.31. The fraction of sp³-hybridized carbons (Fsp3) is 0.442. The van der Waals surface area contributed by atoms with E-state index in [1.54, 1.807) is 42.5 Å². The number of likely N-dealkylation sites (N-methyl/N-ethyl adjacent to an activating group) is 1. The van der Waals surface area contributed by atoms with Crippen LogP contribution in [0.2, 0.25) is 0 Å². The first-order valence-corrected chi connectivity index (χ1v) is 19.6. The Hall–Kier alpha value is -4.47. The Morgan fingerprint density at radius 3 is 2.28 bits per heavy atom. The van der Waals surface area contributed by atoms with Crippen molar-refractivity contribution in [2.45, 2.75) is 91.5 Å². The van der Waals surface area contributed by atoms with Gasteiger partial charge in [-0.2, -0.15) is 0 Å². The summed E-state index contributed by atoms with van der Waals surface area (Å²) in [6.45, 7) is 8.22. The van der Waals surface area contributed by atoms with E-state index in [1.807, 2.05) is 38.1 Å². The molecule has 53 heavy (non-hydrogen) atoms. The third kappa shape index (κ3) is 12.3. The number of halogens is 1. The topological polar surface area (TPSA) is 120 Å². The van der Waals surface area contributed by atoms with Gasteiger partial charge in [-0.25, -0.2) is 4.99 Å². The molecule has 10 heteroatoms. The molecular formula is C43H55ClN4O5. The Kier molecular flexibility index (Phi) is 17.1. The number of benzene rings is 3. The first-order chi connectivity index (χ1) is 25.8. The molecule has 284 valence electrons. The molecule has 0 fully saturated rings. The number of aliphatic hydroxyl groups excluding tert-OH is 1. The Bertz CT molecular complexity index is 1750. The number of ether oxygens (including phenoxy) is 1. The van der Waals surface area contributed by atoms with E-state index < -0.39 is 11.7 Å². The van der Waals surface area contributed by atoms with Gasteiger partial charge in [0.1, 0.15) is 11.6 Å². The van der Waals surface area contributed by atoms with Gasteiger partial charge in [-0.05, 0) is 79.9 Å². The summed E-state index contributed by atoms with van der Waals surface area (Å²) in [5, 5.41) is 15.1. The molecule has 3 aromatic carbocycles. The van der Waals surface area contributed by atoms with E-state index in [0.717, 1.165) is 30.6 Å². The van der Waals surface area contributed by atoms with Crippen LogP contribution in [0.25, 0.3) is 0 Å². The SMILES string of the molecule is CCCCCCCCCCCCOc1ccc2c(c1)C(=Nc1ccc(N(CC)CCO)cc1C)C=C(C(=O)NCc1ccccc1NC(=O)CCl)C2=O. The number of fused-ring (bicyclic) bond motifs is 1. The number of nitrogens with zero attached hydrogens (tertiary/aromatic N) is 2. The molecule has 0 unspecified atom stereocenters. The number of aliphatic hydroxyl groups is 1. The number of anilines is 2. The Morgan fingerprint density at radius 1 is 0.887 bits per heavy atom. The number of amides is 2. The highest BCUT2D eigenvalue weighted by Gasteiger charge is 2.29. The predicted molar refractivity (Wildman–Crippen MR) is 216 cm³/mol. The number of ketones is 1. The smallest absolute Gasteiger partial charge is 0.255 e. The van der Waals surface area contributed by atoms with Crippen molar-refractivity contribution in [3.63, 3.8) is 0 Å². The largest absolute Gasteiger partial charge is 0.494 e. The summed E-state index contributed by atoms with van der Waals surface area (Å²) in [7, 11) is 0. The van der Waals surface area contributed by atoms with Gasteiger partial charge in [-0.1, -0.05) is 82.9 Å². The Morgan fingerprint density at radius 2 is 1.60 bits per heavy atom. The first-order valence-electron chi connectivity index (χ1n) is 19.1. The molecule has 0 saturated heterocycles. The van der Waals surface area contributed by atoms with Crippen molar-refractivity contribution < 1.29 is 24.2 Å². The van der Waals surface area contributed by atoms with Crippen molar-refractivity contribution in [3.8, 4) is 5.75 Å². The van der Waals surface area contributed by atoms with Crippen molar-refractivity contribution in [3.05, 3.63) is 94.6 Å². The summed E-state index contributed by atoms with van der Waals surface area (Å²) >= 11 is 5.68. The quantitative estimate of drug-likeness (QED) is 0.0538. The molecule has 0 bridgehead atoms. The molecule has 0 spiro atoms. The lowest BCUT2D eigenvalue weighted by Gasteiger charge is -2.23. The number of alkyl halides is 1. The molecule has 1 aliphatic carbocycles. The number of aliphatic imine (C=N–C) groups is 1. The van der Waals surface area contributed by atoms with Gasteiger partial charge in [0.2, 0.25) is 5.91 Å². The zero-order valence-corrected chi connectivity index (χ0v) is 32.3. The van der Waals surface area contributed by atoms with Crippen molar-refractivity contribution in [1.29, 1.82) is 0 Å². The van der Waals surface area contributed by atoms with Crippen LogP contribution in [0, 0.1) is 6.92 Å². The van der Waals surface area contributed by atoms with Gasteiger partial charge in [0.15, 0.2) is 5.78 Å². The maximum atomic E-state index is 13.8. The van der Waals surface area contributed by atoms with E-state index >= 15 is 0 Å². The van der Waals surface area contributed by atoms with Crippen LogP contribution in [-0.2, 0) is 16.1 Å². The van der Waals surface area contributed by atoms with Gasteiger partial charge in [-0.15, -0.1) is 11.6 Å². The molecule has 0 aromatic heterocycles. The number of unbranched alkanes of at least 4 members (excludes halogenated alkanes) is 9. The lowest BCUT2D eigenvalue weighted by atomic mass is 9.88. The number of nitrogens with one attached hydrogen (secondary N) is 2. The van der Waals surface area contributed by atoms with E-state index in [-0.39, 0.29) is 30.5 Å². The number of Topliss-reactive ketones (excluding diaryl/α,β-unsaturated/α-hetero) is 1. The molecule has 1 aliphatic rings. The minimum absolute atomic E-state index is 0.0352. The first kappa shape index (κ1) is 41.3. The molecule has 0 radical (unpaired) electrons. The van der Waals surface area contributed by atoms with Crippen LogP contribution in [0.3, 0.4) is 0 Å². The molecule has 0 saturated carbocycles. The number of allylic oxidation sites excluding steroid dienone is 1. The maximum absolute atomic E-state index is 13.8. The monoisotopic (exact) mass is 742 g/mol. The summed E-state index contributed by atoms with van der Waals surface area (Å²) in [4.78, 5) is 46.5. The van der Waals surface area contributed by atoms with Gasteiger partial charge in [0.05, 0.1) is 30.2 Å². The molecule has 9 nitrogen and oxygen atoms in total. The van der Waals surface area contributed by atoms with Crippen LogP contribution < -0.4 is 20.3 Å². The van der Waals surface area contributed by atoms with Gasteiger partial charge in [0, 0.05) is 42.1 Å². The number of aryl methyl sites for hydroxylation is 1. The molecule has 2 amide bonds. The lowest BCUT2D eigenvalue weighted by Crippen LogP contribution is -2.31. The lowest BCUT2D eigenvalue weighted by molar-refractivity contribution is -0.117. The number of carbonyl (C=O) groups excluding carboxylic acids is 3.